The normalized spacial score (nSPS) is 10.8. The van der Waals surface area contributed by atoms with E-state index in [1.54, 1.807) is 0 Å². The van der Waals surface area contributed by atoms with Gasteiger partial charge in [-0.05, 0) is 31.0 Å². The Bertz CT molecular complexity index is 433. The predicted molar refractivity (Wildman–Crippen MR) is 48.2 cm³/mol. The molecule has 0 aliphatic heterocycles. The van der Waals surface area contributed by atoms with E-state index in [4.69, 9.17) is 7.98 Å². The molecule has 0 fully saturated rings. The minimum Gasteiger partial charge on any atom is -0.304 e. The first-order valence-corrected chi connectivity index (χ1v) is 3.77. The molecule has 1 aromatic heterocycles. The molecule has 0 unspecified atom stereocenters. The third-order valence-electron chi connectivity index (χ3n) is 2.17. The summed E-state index contributed by atoms with van der Waals surface area (Å²) in [5, 5.41) is 7.71. The fourth-order valence-corrected chi connectivity index (χ4v) is 1.24. The van der Waals surface area contributed by atoms with Gasteiger partial charge in [0.25, 0.3) is 7.98 Å². The van der Waals surface area contributed by atoms with Gasteiger partial charge in [0.1, 0.15) is 5.52 Å². The second-order valence-corrected chi connectivity index (χ2v) is 2.91. The van der Waals surface area contributed by atoms with Gasteiger partial charge in [-0.2, -0.15) is 0 Å². The van der Waals surface area contributed by atoms with Crippen LogP contribution in [0.5, 0.6) is 0 Å². The highest BCUT2D eigenvalue weighted by Gasteiger charge is 2.04. The second kappa shape index (κ2) is 2.34. The van der Waals surface area contributed by atoms with E-state index >= 15 is 0 Å². The van der Waals surface area contributed by atoms with Gasteiger partial charge >= 0.3 is 0 Å². The number of benzene rings is 1. The Hall–Kier alpha value is -1.32. The van der Waals surface area contributed by atoms with Crippen molar-refractivity contribution in [3.8, 4) is 0 Å². The molecule has 1 heterocycles. The van der Waals surface area contributed by atoms with Crippen molar-refractivity contribution in [2.24, 2.45) is 0 Å². The lowest BCUT2D eigenvalue weighted by Gasteiger charge is -1.99. The summed E-state index contributed by atoms with van der Waals surface area (Å²) in [7, 11) is 5.54. The van der Waals surface area contributed by atoms with Crippen LogP contribution in [0.4, 0.5) is 0 Å². The maximum Gasteiger partial charge on any atom is 0.267 e. The van der Waals surface area contributed by atoms with Crippen molar-refractivity contribution >= 4 is 19.0 Å². The van der Waals surface area contributed by atoms with Crippen molar-refractivity contribution in [3.63, 3.8) is 0 Å². The van der Waals surface area contributed by atoms with Crippen molar-refractivity contribution in [2.45, 2.75) is 13.8 Å². The van der Waals surface area contributed by atoms with Crippen LogP contribution in [0.1, 0.15) is 11.1 Å². The molecule has 12 heavy (non-hydrogen) atoms. The van der Waals surface area contributed by atoms with Crippen LogP contribution >= 0.6 is 0 Å². The Morgan fingerprint density at radius 1 is 1.33 bits per heavy atom. The zero-order valence-corrected chi connectivity index (χ0v) is 7.07. The fourth-order valence-electron chi connectivity index (χ4n) is 1.24. The van der Waals surface area contributed by atoms with Crippen LogP contribution in [0.3, 0.4) is 0 Å². The molecule has 1 aromatic carbocycles. The largest absolute Gasteiger partial charge is 0.304 e. The molecule has 2 radical (unpaired) electrons. The van der Waals surface area contributed by atoms with Crippen LogP contribution in [-0.4, -0.2) is 22.9 Å². The maximum absolute atomic E-state index is 5.54. The molecule has 0 aliphatic rings. The minimum atomic E-state index is 0.873. The highest BCUT2D eigenvalue weighted by atomic mass is 15.4. The van der Waals surface area contributed by atoms with Gasteiger partial charge in [0.05, 0.1) is 5.52 Å². The van der Waals surface area contributed by atoms with E-state index in [1.807, 2.05) is 26.0 Å². The first-order chi connectivity index (χ1) is 5.70. The molecule has 0 amide bonds. The lowest BCUT2D eigenvalue weighted by molar-refractivity contribution is 0.897. The molecule has 58 valence electrons. The Labute approximate surface area is 71.8 Å². The van der Waals surface area contributed by atoms with E-state index in [2.05, 4.69) is 10.3 Å². The molecule has 0 atom stereocenters. The van der Waals surface area contributed by atoms with Gasteiger partial charge in [0, 0.05) is 0 Å². The first-order valence-electron chi connectivity index (χ1n) is 3.77. The summed E-state index contributed by atoms with van der Waals surface area (Å²) in [6.07, 6.45) is 0. The van der Waals surface area contributed by atoms with Crippen LogP contribution < -0.4 is 0 Å². The highest BCUT2D eigenvalue weighted by Crippen LogP contribution is 2.17. The molecule has 4 heteroatoms. The number of hydrogen-bond donors (Lipinski definition) is 0. The van der Waals surface area contributed by atoms with Gasteiger partial charge < -0.3 is 4.59 Å². The monoisotopic (exact) mass is 157 g/mol. The van der Waals surface area contributed by atoms with E-state index in [9.17, 15) is 0 Å². The Morgan fingerprint density at radius 2 is 2.08 bits per heavy atom. The van der Waals surface area contributed by atoms with Crippen LogP contribution in [0.2, 0.25) is 0 Å². The molecule has 3 nitrogen and oxygen atoms in total. The van der Waals surface area contributed by atoms with Gasteiger partial charge in [0.2, 0.25) is 0 Å². The number of aromatic nitrogens is 3. The van der Waals surface area contributed by atoms with E-state index < -0.39 is 0 Å². The minimum absolute atomic E-state index is 0.873. The van der Waals surface area contributed by atoms with Crippen molar-refractivity contribution in [1.82, 2.24) is 14.9 Å². The fraction of sp³-hybridized carbons (Fsp3) is 0.250. The molecular weight excluding hydrogens is 149 g/mol. The molecule has 0 saturated heterocycles. The summed E-state index contributed by atoms with van der Waals surface area (Å²) in [5.74, 6) is 0. The maximum atomic E-state index is 5.54. The zero-order valence-electron chi connectivity index (χ0n) is 7.07. The van der Waals surface area contributed by atoms with Crippen LogP contribution in [0.25, 0.3) is 11.0 Å². The van der Waals surface area contributed by atoms with Gasteiger partial charge in [-0.15, -0.1) is 5.10 Å². The summed E-state index contributed by atoms with van der Waals surface area (Å²) < 4.78 is 1.29. The van der Waals surface area contributed by atoms with E-state index in [0.717, 1.165) is 16.6 Å². The average molecular weight is 157 g/mol. The van der Waals surface area contributed by atoms with Crippen LogP contribution in [0.15, 0.2) is 12.1 Å². The molecular formula is C8H8BN3. The van der Waals surface area contributed by atoms with Crippen molar-refractivity contribution in [2.75, 3.05) is 0 Å². The van der Waals surface area contributed by atoms with Crippen LogP contribution in [-0.2, 0) is 0 Å². The smallest absolute Gasteiger partial charge is 0.267 e. The summed E-state index contributed by atoms with van der Waals surface area (Å²) in [6, 6.07) is 3.95. The Kier molecular flexibility index (Phi) is 1.43. The van der Waals surface area contributed by atoms with Gasteiger partial charge in [0.15, 0.2) is 0 Å². The molecule has 0 N–H and O–H groups in total. The average Bonchev–Trinajstić information content (AvgIpc) is 2.41. The SMILES string of the molecule is [B]n1nnc2c(C)c(C)ccc21. The quantitative estimate of drug-likeness (QED) is 0.533. The molecule has 0 spiro atoms. The number of hydrogen-bond acceptors (Lipinski definition) is 2. The van der Waals surface area contributed by atoms with Crippen molar-refractivity contribution < 1.29 is 0 Å². The van der Waals surface area contributed by atoms with Crippen molar-refractivity contribution in [3.05, 3.63) is 23.3 Å². The summed E-state index contributed by atoms with van der Waals surface area (Å²) >= 11 is 0. The molecule has 0 saturated carbocycles. The zero-order chi connectivity index (χ0) is 8.72. The number of fused-ring (bicyclic) bond motifs is 1. The van der Waals surface area contributed by atoms with Gasteiger partial charge in [-0.3, -0.25) is 0 Å². The second-order valence-electron chi connectivity index (χ2n) is 2.91. The van der Waals surface area contributed by atoms with Gasteiger partial charge in [-0.1, -0.05) is 11.3 Å². The van der Waals surface area contributed by atoms with E-state index in [-0.39, 0.29) is 0 Å². The summed E-state index contributed by atoms with van der Waals surface area (Å²) in [4.78, 5) is 0. The molecule has 0 bridgehead atoms. The lowest BCUT2D eigenvalue weighted by atomic mass is 10.1. The highest BCUT2D eigenvalue weighted by molar-refractivity contribution is 6.10. The third kappa shape index (κ3) is 0.842. The number of aryl methyl sites for hydroxylation is 2. The number of rotatable bonds is 0. The number of nitrogens with zero attached hydrogens (tertiary/aromatic N) is 3. The van der Waals surface area contributed by atoms with Crippen molar-refractivity contribution in [1.29, 1.82) is 0 Å². The Balaban J connectivity index is 2.93. The van der Waals surface area contributed by atoms with E-state index in [0.29, 0.717) is 0 Å². The lowest BCUT2D eigenvalue weighted by Crippen LogP contribution is -1.92. The summed E-state index contributed by atoms with van der Waals surface area (Å²) in [5.41, 5.74) is 4.11. The topological polar surface area (TPSA) is 30.7 Å². The first kappa shape index (κ1) is 7.34. The molecule has 2 aromatic rings. The molecule has 0 aliphatic carbocycles. The Morgan fingerprint density at radius 3 is 2.83 bits per heavy atom. The van der Waals surface area contributed by atoms with E-state index in [1.165, 1.54) is 10.2 Å². The standard InChI is InChI=1S/C8H8BN3/c1-5-3-4-7-8(6(5)2)10-11-12(7)9/h3-4H,1-2H3. The third-order valence-corrected chi connectivity index (χ3v) is 2.17. The summed E-state index contributed by atoms with van der Waals surface area (Å²) in [6.45, 7) is 4.07. The molecule has 2 rings (SSSR count). The van der Waals surface area contributed by atoms with Crippen LogP contribution in [0, 0.1) is 13.8 Å². The van der Waals surface area contributed by atoms with Gasteiger partial charge in [-0.25, -0.2) is 0 Å². The predicted octanol–water partition coefficient (Wildman–Crippen LogP) is 0.980.